The molecule has 2 heteroatoms. The molecule has 1 heterocycles. The summed E-state index contributed by atoms with van der Waals surface area (Å²) in [6.45, 7) is 2.23. The Bertz CT molecular complexity index is 502. The van der Waals surface area contributed by atoms with E-state index in [-0.39, 0.29) is 0 Å². The van der Waals surface area contributed by atoms with Gasteiger partial charge in [-0.3, -0.25) is 0 Å². The number of hydrogen-bond acceptors (Lipinski definition) is 1. The van der Waals surface area contributed by atoms with Crippen LogP contribution in [0, 0.1) is 11.8 Å². The van der Waals surface area contributed by atoms with Gasteiger partial charge in [0.2, 0.25) is 0 Å². The molecular formula is C14H12SSe. The fourth-order valence-electron chi connectivity index (χ4n) is 1.29. The van der Waals surface area contributed by atoms with Crippen molar-refractivity contribution in [1.29, 1.82) is 0 Å². The maximum atomic E-state index is 3.27. The first-order chi connectivity index (χ1) is 7.90. The Morgan fingerprint density at radius 3 is 2.69 bits per heavy atom. The average Bonchev–Trinajstić information content (AvgIpc) is 2.76. The molecule has 0 aliphatic heterocycles. The van der Waals surface area contributed by atoms with E-state index >= 15 is 0 Å². The van der Waals surface area contributed by atoms with E-state index in [4.69, 9.17) is 0 Å². The summed E-state index contributed by atoms with van der Waals surface area (Å²) in [7, 11) is 0. The molecule has 0 radical (unpaired) electrons. The van der Waals surface area contributed by atoms with Crippen molar-refractivity contribution >= 4 is 30.1 Å². The maximum absolute atomic E-state index is 3.27. The topological polar surface area (TPSA) is 0 Å². The molecule has 0 atom stereocenters. The van der Waals surface area contributed by atoms with E-state index in [1.165, 1.54) is 14.7 Å². The summed E-state index contributed by atoms with van der Waals surface area (Å²) < 4.78 is 1.47. The first-order valence-electron chi connectivity index (χ1n) is 5.17. The van der Waals surface area contributed by atoms with Crippen LogP contribution >= 0.6 is 11.3 Å². The van der Waals surface area contributed by atoms with Gasteiger partial charge >= 0.3 is 107 Å². The van der Waals surface area contributed by atoms with Crippen LogP contribution in [-0.2, 0) is 0 Å². The van der Waals surface area contributed by atoms with Crippen molar-refractivity contribution in [2.45, 2.75) is 12.2 Å². The summed E-state index contributed by atoms with van der Waals surface area (Å²) >= 11 is 2.43. The van der Waals surface area contributed by atoms with Crippen molar-refractivity contribution in [2.75, 3.05) is 0 Å². The molecule has 1 aromatic carbocycles. The summed E-state index contributed by atoms with van der Waals surface area (Å²) in [6, 6.07) is 12.3. The molecule has 1 aromatic heterocycles. The van der Waals surface area contributed by atoms with Crippen LogP contribution in [0.2, 0.25) is 5.32 Å². The third-order valence-electron chi connectivity index (χ3n) is 2.02. The van der Waals surface area contributed by atoms with Crippen molar-refractivity contribution in [3.8, 4) is 11.8 Å². The Balaban J connectivity index is 2.21. The van der Waals surface area contributed by atoms with Gasteiger partial charge in [0.1, 0.15) is 0 Å². The number of rotatable bonds is 2. The van der Waals surface area contributed by atoms with Crippen molar-refractivity contribution in [2.24, 2.45) is 0 Å². The SMILES string of the molecule is CC[Se]c1sccc1C#Cc1ccccc1. The Hall–Kier alpha value is -1.00. The molecule has 80 valence electrons. The van der Waals surface area contributed by atoms with E-state index in [1.54, 1.807) is 0 Å². The molecule has 0 nitrogen and oxygen atoms in total. The molecular weight excluding hydrogens is 279 g/mol. The minimum atomic E-state index is 0.592. The predicted octanol–water partition coefficient (Wildman–Crippen LogP) is 2.92. The first-order valence-corrected chi connectivity index (χ1v) is 8.12. The van der Waals surface area contributed by atoms with Gasteiger partial charge in [0.15, 0.2) is 0 Å². The third-order valence-corrected chi connectivity index (χ3v) is 5.56. The Morgan fingerprint density at radius 1 is 1.12 bits per heavy atom. The van der Waals surface area contributed by atoms with Crippen molar-refractivity contribution < 1.29 is 0 Å². The zero-order valence-electron chi connectivity index (χ0n) is 9.07. The van der Waals surface area contributed by atoms with Crippen molar-refractivity contribution in [3.05, 3.63) is 52.9 Å². The van der Waals surface area contributed by atoms with E-state index < -0.39 is 0 Å². The van der Waals surface area contributed by atoms with Crippen molar-refractivity contribution in [3.63, 3.8) is 0 Å². The monoisotopic (exact) mass is 292 g/mol. The molecule has 0 aliphatic rings. The van der Waals surface area contributed by atoms with Crippen molar-refractivity contribution in [1.82, 2.24) is 0 Å². The normalized spacial score (nSPS) is 9.56. The van der Waals surface area contributed by atoms with E-state index in [1.807, 2.05) is 41.7 Å². The van der Waals surface area contributed by atoms with E-state index in [0.717, 1.165) is 5.56 Å². The number of hydrogen-bond donors (Lipinski definition) is 0. The quantitative estimate of drug-likeness (QED) is 0.589. The van der Waals surface area contributed by atoms with E-state index in [0.29, 0.717) is 15.0 Å². The fraction of sp³-hybridized carbons (Fsp3) is 0.143. The van der Waals surface area contributed by atoms with Gasteiger partial charge < -0.3 is 0 Å². The number of benzene rings is 1. The molecule has 0 saturated carbocycles. The molecule has 0 amide bonds. The Morgan fingerprint density at radius 2 is 1.94 bits per heavy atom. The van der Waals surface area contributed by atoms with E-state index in [2.05, 4.69) is 30.2 Å². The predicted molar refractivity (Wildman–Crippen MR) is 72.6 cm³/mol. The second-order valence-corrected chi connectivity index (χ2v) is 7.34. The van der Waals surface area contributed by atoms with E-state index in [9.17, 15) is 0 Å². The summed E-state index contributed by atoms with van der Waals surface area (Å²) in [5.41, 5.74) is 2.30. The molecule has 2 rings (SSSR count). The first kappa shape index (κ1) is 11.5. The fourth-order valence-corrected chi connectivity index (χ4v) is 4.45. The zero-order valence-corrected chi connectivity index (χ0v) is 11.6. The van der Waals surface area contributed by atoms with Gasteiger partial charge in [-0.15, -0.1) is 0 Å². The molecule has 2 aromatic rings. The second kappa shape index (κ2) is 5.91. The van der Waals surface area contributed by atoms with Crippen LogP contribution in [0.25, 0.3) is 0 Å². The van der Waals surface area contributed by atoms with Gasteiger partial charge in [-0.2, -0.15) is 0 Å². The standard InChI is InChI=1S/C14H12SSe/c1-2-16-14-13(10-11-15-14)9-8-12-6-4-3-5-7-12/h3-7,10-11H,2H2,1H3. The zero-order chi connectivity index (χ0) is 11.2. The van der Waals surface area contributed by atoms with Crippen LogP contribution in [-0.4, -0.2) is 15.0 Å². The minimum absolute atomic E-state index is 0.592. The Kier molecular flexibility index (Phi) is 4.25. The van der Waals surface area contributed by atoms with Gasteiger partial charge in [0.05, 0.1) is 0 Å². The van der Waals surface area contributed by atoms with Crippen LogP contribution in [0.4, 0.5) is 0 Å². The molecule has 0 bridgehead atoms. The second-order valence-electron chi connectivity index (χ2n) is 3.17. The van der Waals surface area contributed by atoms with Crippen LogP contribution in [0.15, 0.2) is 41.8 Å². The van der Waals surface area contributed by atoms with Crippen LogP contribution in [0.3, 0.4) is 0 Å². The molecule has 0 saturated heterocycles. The summed E-state index contributed by atoms with van der Waals surface area (Å²) in [6.07, 6.45) is 0. The average molecular weight is 291 g/mol. The number of thiophene rings is 1. The van der Waals surface area contributed by atoms with Crippen LogP contribution < -0.4 is 3.78 Å². The molecule has 0 unspecified atom stereocenters. The van der Waals surface area contributed by atoms with Crippen LogP contribution in [0.1, 0.15) is 18.1 Å². The van der Waals surface area contributed by atoms with Gasteiger partial charge in [-0.25, -0.2) is 0 Å². The van der Waals surface area contributed by atoms with Crippen LogP contribution in [0.5, 0.6) is 0 Å². The van der Waals surface area contributed by atoms with Gasteiger partial charge in [-0.05, 0) is 0 Å². The summed E-state index contributed by atoms with van der Waals surface area (Å²) in [5, 5.41) is 3.38. The molecule has 0 spiro atoms. The third kappa shape index (κ3) is 2.99. The molecule has 0 aliphatic carbocycles. The van der Waals surface area contributed by atoms with Gasteiger partial charge in [-0.1, -0.05) is 0 Å². The van der Waals surface area contributed by atoms with Gasteiger partial charge in [0, 0.05) is 0 Å². The molecule has 0 fully saturated rings. The summed E-state index contributed by atoms with van der Waals surface area (Å²) in [4.78, 5) is 0. The summed E-state index contributed by atoms with van der Waals surface area (Å²) in [5.74, 6) is 6.48. The Labute approximate surface area is 107 Å². The molecule has 16 heavy (non-hydrogen) atoms. The molecule has 0 N–H and O–H groups in total. The van der Waals surface area contributed by atoms with Gasteiger partial charge in [0.25, 0.3) is 0 Å².